The van der Waals surface area contributed by atoms with E-state index in [0.29, 0.717) is 0 Å². The molecule has 0 aromatic heterocycles. The zero-order chi connectivity index (χ0) is 17.8. The zero-order valence-electron chi connectivity index (χ0n) is 15.4. The highest BCUT2D eigenvalue weighted by Crippen LogP contribution is 2.25. The minimum Gasteiger partial charge on any atom is -0.325 e. The van der Waals surface area contributed by atoms with E-state index in [4.69, 9.17) is 0 Å². The molecule has 2 amide bonds. The second kappa shape index (κ2) is 8.54. The van der Waals surface area contributed by atoms with Gasteiger partial charge in [0.1, 0.15) is 0 Å². The molecule has 0 radical (unpaired) electrons. The van der Waals surface area contributed by atoms with Gasteiger partial charge < -0.3 is 15.1 Å². The Labute approximate surface area is 160 Å². The molecule has 4 nitrogen and oxygen atoms in total. The van der Waals surface area contributed by atoms with Crippen LogP contribution in [-0.2, 0) is 0 Å². The second-order valence-electron chi connectivity index (χ2n) is 8.03. The van der Waals surface area contributed by atoms with Crippen molar-refractivity contribution in [2.24, 2.45) is 17.8 Å². The number of anilines is 1. The van der Waals surface area contributed by atoms with Crippen LogP contribution < -0.4 is 5.32 Å². The molecule has 0 saturated carbocycles. The molecule has 2 fully saturated rings. The standard InChI is InChI=1S/C20H30BrN3O/c1-15-11-16(2)13-23(12-15)14-17-7-9-24(10-8-17)20(25)22-19-5-3-18(21)4-6-19/h3-6,15-17H,7-14H2,1-2H3,(H,22,25)/t15-,16+. The highest BCUT2D eigenvalue weighted by molar-refractivity contribution is 9.10. The molecule has 1 aromatic carbocycles. The summed E-state index contributed by atoms with van der Waals surface area (Å²) in [4.78, 5) is 17.0. The molecule has 138 valence electrons. The van der Waals surface area contributed by atoms with Crippen LogP contribution in [0.25, 0.3) is 0 Å². The number of urea groups is 1. The van der Waals surface area contributed by atoms with Crippen molar-refractivity contribution in [2.75, 3.05) is 38.0 Å². The van der Waals surface area contributed by atoms with Crippen molar-refractivity contribution < 1.29 is 4.79 Å². The van der Waals surface area contributed by atoms with Gasteiger partial charge in [-0.25, -0.2) is 4.79 Å². The van der Waals surface area contributed by atoms with Gasteiger partial charge in [0, 0.05) is 42.9 Å². The van der Waals surface area contributed by atoms with Crippen molar-refractivity contribution in [1.29, 1.82) is 0 Å². The van der Waals surface area contributed by atoms with Gasteiger partial charge in [-0.2, -0.15) is 0 Å². The van der Waals surface area contributed by atoms with Crippen molar-refractivity contribution in [3.8, 4) is 0 Å². The fraction of sp³-hybridized carbons (Fsp3) is 0.650. The molecule has 2 saturated heterocycles. The first-order chi connectivity index (χ1) is 12.0. The summed E-state index contributed by atoms with van der Waals surface area (Å²) in [6, 6.07) is 7.77. The maximum Gasteiger partial charge on any atom is 0.321 e. The minimum atomic E-state index is 0.0287. The van der Waals surface area contributed by atoms with E-state index >= 15 is 0 Å². The SMILES string of the molecule is C[C@@H]1C[C@H](C)CN(CC2CCN(C(=O)Nc3ccc(Br)cc3)CC2)C1. The lowest BCUT2D eigenvalue weighted by Gasteiger charge is -2.39. The number of amides is 2. The van der Waals surface area contributed by atoms with Crippen molar-refractivity contribution in [1.82, 2.24) is 9.80 Å². The molecule has 2 aliphatic rings. The first-order valence-corrected chi connectivity index (χ1v) is 10.3. The minimum absolute atomic E-state index is 0.0287. The number of hydrogen-bond acceptors (Lipinski definition) is 2. The number of nitrogens with one attached hydrogen (secondary N) is 1. The van der Waals surface area contributed by atoms with Gasteiger partial charge in [-0.15, -0.1) is 0 Å². The van der Waals surface area contributed by atoms with E-state index in [0.717, 1.165) is 53.8 Å². The van der Waals surface area contributed by atoms with Crippen LogP contribution in [-0.4, -0.2) is 48.6 Å². The largest absolute Gasteiger partial charge is 0.325 e. The number of halogens is 1. The Hall–Kier alpha value is -1.07. The number of benzene rings is 1. The van der Waals surface area contributed by atoms with Gasteiger partial charge in [0.25, 0.3) is 0 Å². The third-order valence-electron chi connectivity index (χ3n) is 5.46. The van der Waals surface area contributed by atoms with Crippen LogP contribution >= 0.6 is 15.9 Å². The van der Waals surface area contributed by atoms with Crippen LogP contribution in [0.1, 0.15) is 33.1 Å². The summed E-state index contributed by atoms with van der Waals surface area (Å²) < 4.78 is 1.02. The molecule has 2 atom stereocenters. The molecule has 0 unspecified atom stereocenters. The van der Waals surface area contributed by atoms with E-state index in [1.165, 1.54) is 26.1 Å². The predicted molar refractivity (Wildman–Crippen MR) is 107 cm³/mol. The Balaban J connectivity index is 1.43. The van der Waals surface area contributed by atoms with Gasteiger partial charge in [-0.3, -0.25) is 0 Å². The first-order valence-electron chi connectivity index (χ1n) is 9.53. The molecule has 3 rings (SSSR count). The highest BCUT2D eigenvalue weighted by Gasteiger charge is 2.27. The molecule has 0 spiro atoms. The molecule has 0 aliphatic carbocycles. The number of carbonyl (C=O) groups excluding carboxylic acids is 1. The van der Waals surface area contributed by atoms with Crippen molar-refractivity contribution in [3.05, 3.63) is 28.7 Å². The Bertz CT molecular complexity index is 559. The Kier molecular flexibility index (Phi) is 6.39. The van der Waals surface area contributed by atoms with Crippen LogP contribution in [0.15, 0.2) is 28.7 Å². The third-order valence-corrected chi connectivity index (χ3v) is 5.99. The van der Waals surface area contributed by atoms with Gasteiger partial charge in [0.05, 0.1) is 0 Å². The molecular weight excluding hydrogens is 378 g/mol. The smallest absolute Gasteiger partial charge is 0.321 e. The van der Waals surface area contributed by atoms with Crippen molar-refractivity contribution in [3.63, 3.8) is 0 Å². The molecule has 1 aromatic rings. The van der Waals surface area contributed by atoms with Crippen LogP contribution in [0.5, 0.6) is 0 Å². The molecule has 2 aliphatic heterocycles. The number of hydrogen-bond donors (Lipinski definition) is 1. The monoisotopic (exact) mass is 407 g/mol. The maximum atomic E-state index is 12.4. The third kappa shape index (κ3) is 5.45. The number of piperidine rings is 2. The topological polar surface area (TPSA) is 35.6 Å². The normalized spacial score (nSPS) is 25.8. The summed E-state index contributed by atoms with van der Waals surface area (Å²) in [5, 5.41) is 3.00. The Morgan fingerprint density at radius 2 is 1.72 bits per heavy atom. The van der Waals surface area contributed by atoms with E-state index < -0.39 is 0 Å². The van der Waals surface area contributed by atoms with E-state index in [1.54, 1.807) is 0 Å². The van der Waals surface area contributed by atoms with E-state index in [1.807, 2.05) is 29.2 Å². The lowest BCUT2D eigenvalue weighted by molar-refractivity contribution is 0.101. The van der Waals surface area contributed by atoms with Crippen LogP contribution in [0, 0.1) is 17.8 Å². The van der Waals surface area contributed by atoms with Crippen LogP contribution in [0.2, 0.25) is 0 Å². The van der Waals surface area contributed by atoms with Gasteiger partial charge in [-0.05, 0) is 61.3 Å². The summed E-state index contributed by atoms with van der Waals surface area (Å²) >= 11 is 3.42. The summed E-state index contributed by atoms with van der Waals surface area (Å²) in [6.07, 6.45) is 3.60. The molecule has 0 bridgehead atoms. The van der Waals surface area contributed by atoms with Gasteiger partial charge in [0.2, 0.25) is 0 Å². The van der Waals surface area contributed by atoms with Crippen molar-refractivity contribution in [2.45, 2.75) is 33.1 Å². The second-order valence-corrected chi connectivity index (χ2v) is 8.95. The average Bonchev–Trinajstić information content (AvgIpc) is 2.56. The fourth-order valence-corrected chi connectivity index (χ4v) is 4.62. The highest BCUT2D eigenvalue weighted by atomic mass is 79.9. The maximum absolute atomic E-state index is 12.4. The first kappa shape index (κ1) is 18.7. The van der Waals surface area contributed by atoms with E-state index in [2.05, 4.69) is 40.0 Å². The van der Waals surface area contributed by atoms with Crippen LogP contribution in [0.4, 0.5) is 10.5 Å². The quantitative estimate of drug-likeness (QED) is 0.789. The number of nitrogens with zero attached hydrogens (tertiary/aromatic N) is 2. The van der Waals surface area contributed by atoms with E-state index in [9.17, 15) is 4.79 Å². The lowest BCUT2D eigenvalue weighted by atomic mass is 9.89. The molecular formula is C20H30BrN3O. The molecule has 1 N–H and O–H groups in total. The molecule has 25 heavy (non-hydrogen) atoms. The van der Waals surface area contributed by atoms with Crippen LogP contribution in [0.3, 0.4) is 0 Å². The van der Waals surface area contributed by atoms with Gasteiger partial charge >= 0.3 is 6.03 Å². The molecule has 5 heteroatoms. The summed E-state index contributed by atoms with van der Waals surface area (Å²) in [5.41, 5.74) is 0.853. The van der Waals surface area contributed by atoms with Crippen molar-refractivity contribution >= 4 is 27.6 Å². The lowest BCUT2D eigenvalue weighted by Crippen LogP contribution is -2.46. The Morgan fingerprint density at radius 3 is 2.32 bits per heavy atom. The van der Waals surface area contributed by atoms with E-state index in [-0.39, 0.29) is 6.03 Å². The number of carbonyl (C=O) groups is 1. The fourth-order valence-electron chi connectivity index (χ4n) is 4.36. The number of rotatable bonds is 3. The predicted octanol–water partition coefficient (Wildman–Crippen LogP) is 4.67. The zero-order valence-corrected chi connectivity index (χ0v) is 17.0. The molecule has 2 heterocycles. The van der Waals surface area contributed by atoms with Gasteiger partial charge in [-0.1, -0.05) is 29.8 Å². The summed E-state index contributed by atoms with van der Waals surface area (Å²) in [6.45, 7) is 10.2. The number of likely N-dealkylation sites (tertiary alicyclic amines) is 2. The van der Waals surface area contributed by atoms with Gasteiger partial charge in [0.15, 0.2) is 0 Å². The average molecular weight is 408 g/mol. The summed E-state index contributed by atoms with van der Waals surface area (Å²) in [5.74, 6) is 2.37. The Morgan fingerprint density at radius 1 is 1.12 bits per heavy atom. The summed E-state index contributed by atoms with van der Waals surface area (Å²) in [7, 11) is 0.